The first-order chi connectivity index (χ1) is 14.0. The van der Waals surface area contributed by atoms with E-state index in [1.807, 2.05) is 27.7 Å². The van der Waals surface area contributed by atoms with E-state index in [1.165, 1.54) is 12.1 Å². The molecule has 0 spiro atoms. The molecule has 1 aromatic carbocycles. The standard InChI is InChI=1S/C20H25F3N4O2S/c1-12(2)11-27(18(29)13(3)4)10-9-16(28)24-19-26-25-17(30-19)14-5-7-15(8-6-14)20(21,22)23/h5-8,12-13H,9-11H2,1-4H3,(H,24,26,28). The minimum Gasteiger partial charge on any atom is -0.342 e. The quantitative estimate of drug-likeness (QED) is 0.643. The highest BCUT2D eigenvalue weighted by Crippen LogP contribution is 2.32. The van der Waals surface area contributed by atoms with Crippen LogP contribution >= 0.6 is 11.3 Å². The van der Waals surface area contributed by atoms with Gasteiger partial charge < -0.3 is 10.2 Å². The van der Waals surface area contributed by atoms with Crippen molar-refractivity contribution in [1.29, 1.82) is 0 Å². The number of hydrogen-bond acceptors (Lipinski definition) is 5. The average Bonchev–Trinajstić information content (AvgIpc) is 3.12. The van der Waals surface area contributed by atoms with E-state index >= 15 is 0 Å². The lowest BCUT2D eigenvalue weighted by Crippen LogP contribution is -2.38. The Bertz CT molecular complexity index is 864. The smallest absolute Gasteiger partial charge is 0.342 e. The van der Waals surface area contributed by atoms with Crippen molar-refractivity contribution in [3.63, 3.8) is 0 Å². The Kier molecular flexibility index (Phi) is 7.94. The molecule has 0 bridgehead atoms. The van der Waals surface area contributed by atoms with Gasteiger partial charge in [0, 0.05) is 31.0 Å². The number of carbonyl (C=O) groups is 2. The molecule has 2 amide bonds. The molecular weight excluding hydrogens is 417 g/mol. The zero-order valence-corrected chi connectivity index (χ0v) is 18.1. The summed E-state index contributed by atoms with van der Waals surface area (Å²) in [6, 6.07) is 4.58. The van der Waals surface area contributed by atoms with E-state index in [2.05, 4.69) is 15.5 Å². The maximum Gasteiger partial charge on any atom is 0.416 e. The predicted molar refractivity (Wildman–Crippen MR) is 110 cm³/mol. The summed E-state index contributed by atoms with van der Waals surface area (Å²) in [7, 11) is 0. The highest BCUT2D eigenvalue weighted by molar-refractivity contribution is 7.18. The Labute approximate surface area is 177 Å². The Hall–Kier alpha value is -2.49. The number of halogens is 3. The van der Waals surface area contributed by atoms with Gasteiger partial charge in [-0.2, -0.15) is 13.2 Å². The van der Waals surface area contributed by atoms with Gasteiger partial charge in [0.05, 0.1) is 5.56 Å². The minimum absolute atomic E-state index is 0.00277. The number of hydrogen-bond donors (Lipinski definition) is 1. The summed E-state index contributed by atoms with van der Waals surface area (Å²) in [6.07, 6.45) is -4.29. The molecule has 0 saturated carbocycles. The SMILES string of the molecule is CC(C)CN(CCC(=O)Nc1nnc(-c2ccc(C(F)(F)F)cc2)s1)C(=O)C(C)C. The number of rotatable bonds is 8. The summed E-state index contributed by atoms with van der Waals surface area (Å²) in [5, 5.41) is 11.1. The number of anilines is 1. The van der Waals surface area contributed by atoms with Crippen molar-refractivity contribution >= 4 is 28.3 Å². The topological polar surface area (TPSA) is 75.2 Å². The number of benzene rings is 1. The van der Waals surface area contributed by atoms with Gasteiger partial charge in [0.15, 0.2) is 0 Å². The average molecular weight is 443 g/mol. The zero-order chi connectivity index (χ0) is 22.5. The summed E-state index contributed by atoms with van der Waals surface area (Å²) in [5.41, 5.74) is -0.266. The van der Waals surface area contributed by atoms with Gasteiger partial charge in [-0.3, -0.25) is 9.59 Å². The van der Waals surface area contributed by atoms with Crippen molar-refractivity contribution in [2.45, 2.75) is 40.3 Å². The molecule has 0 aliphatic carbocycles. The van der Waals surface area contributed by atoms with Crippen molar-refractivity contribution in [2.24, 2.45) is 11.8 Å². The van der Waals surface area contributed by atoms with E-state index in [9.17, 15) is 22.8 Å². The van der Waals surface area contributed by atoms with Crippen LogP contribution in [0.15, 0.2) is 24.3 Å². The van der Waals surface area contributed by atoms with Crippen molar-refractivity contribution in [1.82, 2.24) is 15.1 Å². The molecule has 30 heavy (non-hydrogen) atoms. The van der Waals surface area contributed by atoms with Gasteiger partial charge in [0.25, 0.3) is 0 Å². The van der Waals surface area contributed by atoms with Crippen LogP contribution in [0.3, 0.4) is 0 Å². The molecule has 10 heteroatoms. The number of nitrogens with one attached hydrogen (secondary N) is 1. The second-order valence-corrected chi connectivity index (χ2v) is 8.60. The maximum atomic E-state index is 12.7. The third kappa shape index (κ3) is 6.79. The van der Waals surface area contributed by atoms with Crippen LogP contribution in [0.1, 0.15) is 39.7 Å². The molecule has 0 aliphatic rings. The molecule has 0 saturated heterocycles. The second kappa shape index (κ2) is 10.0. The van der Waals surface area contributed by atoms with Gasteiger partial charge in [-0.05, 0) is 18.1 Å². The van der Waals surface area contributed by atoms with Gasteiger partial charge in [0.2, 0.25) is 16.9 Å². The van der Waals surface area contributed by atoms with Crippen LogP contribution in [0.25, 0.3) is 10.6 Å². The molecule has 0 aliphatic heterocycles. The molecule has 2 aromatic rings. The second-order valence-electron chi connectivity index (χ2n) is 7.62. The van der Waals surface area contributed by atoms with Gasteiger partial charge in [-0.15, -0.1) is 10.2 Å². The first-order valence-corrected chi connectivity index (χ1v) is 10.4. The van der Waals surface area contributed by atoms with Crippen molar-refractivity contribution < 1.29 is 22.8 Å². The number of aromatic nitrogens is 2. The number of carbonyl (C=O) groups excluding carboxylic acids is 2. The third-order valence-corrected chi connectivity index (χ3v) is 5.02. The molecule has 0 fully saturated rings. The van der Waals surface area contributed by atoms with Crippen LogP contribution in [0.4, 0.5) is 18.3 Å². The van der Waals surface area contributed by atoms with E-state index in [0.29, 0.717) is 23.7 Å². The van der Waals surface area contributed by atoms with Gasteiger partial charge in [-0.25, -0.2) is 0 Å². The molecule has 1 aromatic heterocycles. The third-order valence-electron chi connectivity index (χ3n) is 4.13. The summed E-state index contributed by atoms with van der Waals surface area (Å²) in [5.74, 6) is -0.182. The summed E-state index contributed by atoms with van der Waals surface area (Å²) >= 11 is 1.07. The number of nitrogens with zero attached hydrogens (tertiary/aromatic N) is 3. The number of alkyl halides is 3. The van der Waals surface area contributed by atoms with E-state index < -0.39 is 11.7 Å². The summed E-state index contributed by atoms with van der Waals surface area (Å²) in [4.78, 5) is 26.2. The van der Waals surface area contributed by atoms with Crippen LogP contribution in [0, 0.1) is 11.8 Å². The lowest BCUT2D eigenvalue weighted by Gasteiger charge is -2.26. The molecule has 0 radical (unpaired) electrons. The van der Waals surface area contributed by atoms with Crippen LogP contribution in [-0.2, 0) is 15.8 Å². The van der Waals surface area contributed by atoms with Crippen molar-refractivity contribution in [3.05, 3.63) is 29.8 Å². The minimum atomic E-state index is -4.40. The zero-order valence-electron chi connectivity index (χ0n) is 17.3. The Morgan fingerprint density at radius 1 is 1.10 bits per heavy atom. The monoisotopic (exact) mass is 442 g/mol. The fourth-order valence-electron chi connectivity index (χ4n) is 2.71. The first-order valence-electron chi connectivity index (χ1n) is 9.57. The van der Waals surface area contributed by atoms with Crippen LogP contribution in [0.2, 0.25) is 0 Å². The molecule has 164 valence electrons. The Morgan fingerprint density at radius 3 is 2.27 bits per heavy atom. The predicted octanol–water partition coefficient (Wildman–Crippen LogP) is 4.69. The van der Waals surface area contributed by atoms with Crippen molar-refractivity contribution in [3.8, 4) is 10.6 Å². The molecule has 6 nitrogen and oxygen atoms in total. The van der Waals surface area contributed by atoms with Crippen LogP contribution in [-0.4, -0.2) is 40.0 Å². The fourth-order valence-corrected chi connectivity index (χ4v) is 3.47. The molecule has 1 N–H and O–H groups in total. The van der Waals surface area contributed by atoms with Gasteiger partial charge in [-0.1, -0.05) is 51.2 Å². The number of amides is 2. The normalized spacial score (nSPS) is 11.8. The summed E-state index contributed by atoms with van der Waals surface area (Å²) < 4.78 is 38.0. The molecule has 1 heterocycles. The highest BCUT2D eigenvalue weighted by Gasteiger charge is 2.30. The first kappa shape index (κ1) is 23.8. The van der Waals surface area contributed by atoms with Crippen LogP contribution < -0.4 is 5.32 Å². The lowest BCUT2D eigenvalue weighted by molar-refractivity contribution is -0.137. The molecular formula is C20H25F3N4O2S. The maximum absolute atomic E-state index is 12.7. The van der Waals surface area contributed by atoms with E-state index in [4.69, 9.17) is 0 Å². The van der Waals surface area contributed by atoms with E-state index in [1.54, 1.807) is 4.90 Å². The fraction of sp³-hybridized carbons (Fsp3) is 0.500. The summed E-state index contributed by atoms with van der Waals surface area (Å²) in [6.45, 7) is 8.52. The van der Waals surface area contributed by atoms with Crippen molar-refractivity contribution in [2.75, 3.05) is 18.4 Å². The highest BCUT2D eigenvalue weighted by atomic mass is 32.1. The van der Waals surface area contributed by atoms with E-state index in [0.717, 1.165) is 23.5 Å². The van der Waals surface area contributed by atoms with Crippen LogP contribution in [0.5, 0.6) is 0 Å². The van der Waals surface area contributed by atoms with Gasteiger partial charge in [0.1, 0.15) is 5.01 Å². The van der Waals surface area contributed by atoms with Gasteiger partial charge >= 0.3 is 6.18 Å². The molecule has 0 unspecified atom stereocenters. The lowest BCUT2D eigenvalue weighted by atomic mass is 10.1. The Balaban J connectivity index is 1.96. The molecule has 2 rings (SSSR count). The largest absolute Gasteiger partial charge is 0.416 e. The Morgan fingerprint density at radius 2 is 1.73 bits per heavy atom. The molecule has 0 atom stereocenters. The van der Waals surface area contributed by atoms with E-state index in [-0.39, 0.29) is 35.2 Å².